The van der Waals surface area contributed by atoms with E-state index >= 15 is 0 Å². The lowest BCUT2D eigenvalue weighted by Gasteiger charge is -2.15. The van der Waals surface area contributed by atoms with Gasteiger partial charge in [0.2, 0.25) is 5.91 Å². The molecule has 0 spiro atoms. The van der Waals surface area contributed by atoms with E-state index in [0.717, 1.165) is 11.1 Å². The molecule has 0 saturated heterocycles. The summed E-state index contributed by atoms with van der Waals surface area (Å²) in [6.45, 7) is 5.66. The van der Waals surface area contributed by atoms with Crippen LogP contribution in [0, 0.1) is 6.92 Å². The summed E-state index contributed by atoms with van der Waals surface area (Å²) in [5.41, 5.74) is 8.65. The first-order valence-corrected chi connectivity index (χ1v) is 7.91. The third-order valence-corrected chi connectivity index (χ3v) is 3.61. The summed E-state index contributed by atoms with van der Waals surface area (Å²) in [5.74, 6) is -0.480. The largest absolute Gasteiger partial charge is 0.350 e. The van der Waals surface area contributed by atoms with Crippen LogP contribution in [0.1, 0.15) is 41.4 Å². The fraction of sp³-hybridized carbons (Fsp3) is 0.263. The first kappa shape index (κ1) is 20.7. The Labute approximate surface area is 154 Å². The predicted octanol–water partition coefficient (Wildman–Crippen LogP) is 3.19. The van der Waals surface area contributed by atoms with Gasteiger partial charge in [0.05, 0.1) is 0 Å². The van der Waals surface area contributed by atoms with Crippen molar-refractivity contribution in [2.75, 3.05) is 5.32 Å². The Hall–Kier alpha value is -2.37. The maximum absolute atomic E-state index is 12.3. The van der Waals surface area contributed by atoms with E-state index in [1.54, 1.807) is 30.3 Å². The van der Waals surface area contributed by atoms with Crippen molar-refractivity contribution in [3.05, 3.63) is 65.2 Å². The van der Waals surface area contributed by atoms with Gasteiger partial charge in [0, 0.05) is 17.3 Å². The minimum Gasteiger partial charge on any atom is -0.350 e. The Balaban J connectivity index is 0.00000312. The Morgan fingerprint density at radius 1 is 1.04 bits per heavy atom. The minimum absolute atomic E-state index is 0. The second-order valence-electron chi connectivity index (χ2n) is 6.04. The summed E-state index contributed by atoms with van der Waals surface area (Å²) in [4.78, 5) is 24.5. The first-order valence-electron chi connectivity index (χ1n) is 7.91. The molecule has 0 aliphatic carbocycles. The summed E-state index contributed by atoms with van der Waals surface area (Å²) in [6.07, 6.45) is 0. The van der Waals surface area contributed by atoms with E-state index in [0.29, 0.717) is 11.3 Å². The molecular formula is C19H24ClN3O2. The molecule has 0 aliphatic heterocycles. The molecule has 0 bridgehead atoms. The molecule has 2 aromatic carbocycles. The van der Waals surface area contributed by atoms with Crippen LogP contribution in [0.5, 0.6) is 0 Å². The number of anilines is 1. The van der Waals surface area contributed by atoms with Crippen molar-refractivity contribution >= 4 is 29.9 Å². The number of carbonyl (C=O) groups is 2. The second-order valence-corrected chi connectivity index (χ2v) is 6.04. The number of benzene rings is 2. The maximum atomic E-state index is 12.3. The third kappa shape index (κ3) is 5.59. The fourth-order valence-corrected chi connectivity index (χ4v) is 2.32. The zero-order valence-corrected chi connectivity index (χ0v) is 15.4. The quantitative estimate of drug-likeness (QED) is 0.764. The van der Waals surface area contributed by atoms with Crippen molar-refractivity contribution in [2.24, 2.45) is 5.73 Å². The van der Waals surface area contributed by atoms with Crippen molar-refractivity contribution in [1.82, 2.24) is 5.32 Å². The van der Waals surface area contributed by atoms with E-state index in [1.807, 2.05) is 39.0 Å². The van der Waals surface area contributed by atoms with Gasteiger partial charge in [-0.05, 0) is 44.0 Å². The number of nitrogens with one attached hydrogen (secondary N) is 2. The molecule has 1 unspecified atom stereocenters. The molecule has 0 aromatic heterocycles. The molecule has 0 radical (unpaired) electrons. The predicted molar refractivity (Wildman–Crippen MR) is 103 cm³/mol. The summed E-state index contributed by atoms with van der Waals surface area (Å²) >= 11 is 0. The van der Waals surface area contributed by atoms with E-state index in [4.69, 9.17) is 5.73 Å². The Morgan fingerprint density at radius 2 is 1.68 bits per heavy atom. The first-order chi connectivity index (χ1) is 11.4. The topological polar surface area (TPSA) is 84.2 Å². The van der Waals surface area contributed by atoms with E-state index < -0.39 is 6.04 Å². The lowest BCUT2D eigenvalue weighted by molar-refractivity contribution is -0.117. The number of aryl methyl sites for hydroxylation is 1. The van der Waals surface area contributed by atoms with E-state index in [-0.39, 0.29) is 30.3 Å². The van der Waals surface area contributed by atoms with E-state index in [9.17, 15) is 9.59 Å². The van der Waals surface area contributed by atoms with E-state index in [2.05, 4.69) is 10.6 Å². The zero-order chi connectivity index (χ0) is 17.7. The van der Waals surface area contributed by atoms with Gasteiger partial charge in [-0.3, -0.25) is 9.59 Å². The van der Waals surface area contributed by atoms with Crippen LogP contribution in [0.2, 0.25) is 0 Å². The number of rotatable bonds is 5. The number of amides is 2. The van der Waals surface area contributed by atoms with Gasteiger partial charge < -0.3 is 16.4 Å². The number of hydrogen-bond donors (Lipinski definition) is 3. The molecule has 2 rings (SSSR count). The molecule has 2 amide bonds. The normalized spacial score (nSPS) is 11.4. The maximum Gasteiger partial charge on any atom is 0.251 e. The molecule has 0 aliphatic rings. The van der Waals surface area contributed by atoms with Crippen LogP contribution < -0.4 is 16.4 Å². The van der Waals surface area contributed by atoms with E-state index in [1.165, 1.54) is 0 Å². The number of nitrogens with two attached hydrogens (primary N) is 1. The summed E-state index contributed by atoms with van der Waals surface area (Å²) in [7, 11) is 0. The van der Waals surface area contributed by atoms with Crippen molar-refractivity contribution in [1.29, 1.82) is 0 Å². The molecule has 6 heteroatoms. The Kier molecular flexibility index (Phi) is 7.61. The molecule has 0 saturated carbocycles. The second kappa shape index (κ2) is 9.20. The Morgan fingerprint density at radius 3 is 2.28 bits per heavy atom. The zero-order valence-electron chi connectivity index (χ0n) is 14.6. The molecular weight excluding hydrogens is 338 g/mol. The molecule has 134 valence electrons. The highest BCUT2D eigenvalue weighted by Gasteiger charge is 2.17. The molecule has 2 aromatic rings. The molecule has 1 atom stereocenters. The lowest BCUT2D eigenvalue weighted by atomic mass is 10.1. The van der Waals surface area contributed by atoms with Crippen LogP contribution in [0.25, 0.3) is 0 Å². The molecule has 5 nitrogen and oxygen atoms in total. The van der Waals surface area contributed by atoms with Gasteiger partial charge >= 0.3 is 0 Å². The van der Waals surface area contributed by atoms with Crippen molar-refractivity contribution < 1.29 is 9.59 Å². The third-order valence-electron chi connectivity index (χ3n) is 3.61. The van der Waals surface area contributed by atoms with Crippen molar-refractivity contribution in [3.8, 4) is 0 Å². The molecule has 0 fully saturated rings. The average Bonchev–Trinajstić information content (AvgIpc) is 2.56. The Bertz CT molecular complexity index is 733. The van der Waals surface area contributed by atoms with Gasteiger partial charge in [0.25, 0.3) is 5.91 Å². The van der Waals surface area contributed by atoms with Gasteiger partial charge in [-0.1, -0.05) is 36.4 Å². The summed E-state index contributed by atoms with van der Waals surface area (Å²) in [6, 6.07) is 13.7. The fourth-order valence-electron chi connectivity index (χ4n) is 2.32. The van der Waals surface area contributed by atoms with Crippen molar-refractivity contribution in [3.63, 3.8) is 0 Å². The molecule has 4 N–H and O–H groups in total. The van der Waals surface area contributed by atoms with Crippen LogP contribution in [0.4, 0.5) is 5.69 Å². The average molecular weight is 362 g/mol. The van der Waals surface area contributed by atoms with Gasteiger partial charge in [0.1, 0.15) is 6.04 Å². The highest BCUT2D eigenvalue weighted by Crippen LogP contribution is 2.18. The van der Waals surface area contributed by atoms with Gasteiger partial charge in [-0.25, -0.2) is 0 Å². The summed E-state index contributed by atoms with van der Waals surface area (Å²) < 4.78 is 0. The highest BCUT2D eigenvalue weighted by molar-refractivity contribution is 5.99. The van der Waals surface area contributed by atoms with Crippen LogP contribution in [0.15, 0.2) is 48.5 Å². The number of hydrogen-bond acceptors (Lipinski definition) is 3. The minimum atomic E-state index is -0.763. The molecule has 25 heavy (non-hydrogen) atoms. The van der Waals surface area contributed by atoms with Crippen LogP contribution in [-0.4, -0.2) is 17.9 Å². The van der Waals surface area contributed by atoms with Gasteiger partial charge in [-0.2, -0.15) is 0 Å². The smallest absolute Gasteiger partial charge is 0.251 e. The number of halogens is 1. The van der Waals surface area contributed by atoms with Crippen LogP contribution in [0.3, 0.4) is 0 Å². The SMILES string of the molecule is Cc1ccc(NC(=O)C(N)c2ccccc2)cc1C(=O)NC(C)C.Cl. The summed E-state index contributed by atoms with van der Waals surface area (Å²) in [5, 5.41) is 5.62. The lowest BCUT2D eigenvalue weighted by Crippen LogP contribution is -2.31. The van der Waals surface area contributed by atoms with Crippen LogP contribution in [-0.2, 0) is 4.79 Å². The standard InChI is InChI=1S/C19H23N3O2.ClH/c1-12(2)21-18(23)16-11-15(10-9-13(16)3)22-19(24)17(20)14-7-5-4-6-8-14;/h4-12,17H,20H2,1-3H3,(H,21,23)(H,22,24);1H. The van der Waals surface area contributed by atoms with Crippen molar-refractivity contribution in [2.45, 2.75) is 32.9 Å². The van der Waals surface area contributed by atoms with Gasteiger partial charge in [-0.15, -0.1) is 12.4 Å². The molecule has 0 heterocycles. The highest BCUT2D eigenvalue weighted by atomic mass is 35.5. The number of carbonyl (C=O) groups excluding carboxylic acids is 2. The van der Waals surface area contributed by atoms with Crippen LogP contribution >= 0.6 is 12.4 Å². The monoisotopic (exact) mass is 361 g/mol. The van der Waals surface area contributed by atoms with Gasteiger partial charge in [0.15, 0.2) is 0 Å².